The van der Waals surface area contributed by atoms with Gasteiger partial charge in [0.05, 0.1) is 23.9 Å². The average molecular weight is 322 g/mol. The van der Waals surface area contributed by atoms with Crippen molar-refractivity contribution in [2.45, 2.75) is 32.2 Å². The Morgan fingerprint density at radius 2 is 2.12 bits per heavy atom. The van der Waals surface area contributed by atoms with Gasteiger partial charge in [0.1, 0.15) is 0 Å². The third-order valence-corrected chi connectivity index (χ3v) is 4.14. The summed E-state index contributed by atoms with van der Waals surface area (Å²) >= 11 is 0. The maximum Gasteiger partial charge on any atom is 0.267 e. The first-order valence-corrected chi connectivity index (χ1v) is 8.05. The molecule has 0 atom stereocenters. The molecule has 1 aromatic heterocycles. The average Bonchev–Trinajstić information content (AvgIpc) is 2.62. The quantitative estimate of drug-likeness (QED) is 0.922. The number of nitrogens with one attached hydrogen (secondary N) is 1. The van der Waals surface area contributed by atoms with Crippen LogP contribution < -0.4 is 10.9 Å². The molecule has 0 saturated carbocycles. The van der Waals surface area contributed by atoms with Crippen LogP contribution in [-0.2, 0) is 19.4 Å². The van der Waals surface area contributed by atoms with Gasteiger partial charge in [-0.3, -0.25) is 9.59 Å². The summed E-state index contributed by atoms with van der Waals surface area (Å²) in [4.78, 5) is 24.2. The van der Waals surface area contributed by atoms with E-state index in [9.17, 15) is 9.59 Å². The molecule has 0 radical (unpaired) electrons. The van der Waals surface area contributed by atoms with Crippen molar-refractivity contribution in [2.75, 3.05) is 6.54 Å². The lowest BCUT2D eigenvalue weighted by Gasteiger charge is -2.16. The molecule has 3 rings (SSSR count). The van der Waals surface area contributed by atoms with E-state index in [0.29, 0.717) is 24.2 Å². The van der Waals surface area contributed by atoms with Crippen molar-refractivity contribution in [3.05, 3.63) is 63.1 Å². The van der Waals surface area contributed by atoms with Gasteiger partial charge in [0.15, 0.2) is 0 Å². The minimum absolute atomic E-state index is 0.128. The van der Waals surface area contributed by atoms with Crippen LogP contribution in [0.3, 0.4) is 0 Å². The second-order valence-electron chi connectivity index (χ2n) is 5.83. The molecule has 6 heteroatoms. The number of fused-ring (bicyclic) bond motifs is 1. The molecule has 1 aliphatic carbocycles. The number of nitrogens with zero attached hydrogens (tertiary/aromatic N) is 3. The Kier molecular flexibility index (Phi) is 4.71. The number of hydrogen-bond acceptors (Lipinski definition) is 4. The van der Waals surface area contributed by atoms with Crippen LogP contribution in [-0.4, -0.2) is 22.2 Å². The van der Waals surface area contributed by atoms with E-state index in [0.717, 1.165) is 36.9 Å². The number of carbonyl (C=O) groups excluding carboxylic acids is 1. The zero-order valence-corrected chi connectivity index (χ0v) is 13.3. The molecule has 1 amide bonds. The van der Waals surface area contributed by atoms with Crippen LogP contribution in [0.1, 0.15) is 40.0 Å². The lowest BCUT2D eigenvalue weighted by molar-refractivity contribution is 0.0951. The second kappa shape index (κ2) is 7.09. The highest BCUT2D eigenvalue weighted by atomic mass is 16.1. The molecule has 0 unspecified atom stereocenters. The van der Waals surface area contributed by atoms with Crippen LogP contribution in [0.5, 0.6) is 0 Å². The SMILES string of the molecule is N#Cc1cccc(C(=O)NCCn2nc3c(cc2=O)CCCC3)c1. The summed E-state index contributed by atoms with van der Waals surface area (Å²) in [5.41, 5.74) is 2.79. The fourth-order valence-corrected chi connectivity index (χ4v) is 2.87. The number of hydrogen-bond donors (Lipinski definition) is 1. The van der Waals surface area contributed by atoms with E-state index in [-0.39, 0.29) is 11.5 Å². The van der Waals surface area contributed by atoms with Crippen molar-refractivity contribution in [1.29, 1.82) is 5.26 Å². The van der Waals surface area contributed by atoms with Gasteiger partial charge in [0.2, 0.25) is 0 Å². The first-order chi connectivity index (χ1) is 11.7. The maximum atomic E-state index is 12.1. The molecular weight excluding hydrogens is 304 g/mol. The van der Waals surface area contributed by atoms with Crippen molar-refractivity contribution in [3.63, 3.8) is 0 Å². The Labute approximate surface area is 139 Å². The molecule has 122 valence electrons. The molecular formula is C18H18N4O2. The molecule has 0 saturated heterocycles. The minimum atomic E-state index is -0.266. The number of benzene rings is 1. The van der Waals surface area contributed by atoms with Gasteiger partial charge in [-0.2, -0.15) is 10.4 Å². The lowest BCUT2D eigenvalue weighted by Crippen LogP contribution is -2.33. The molecule has 0 aliphatic heterocycles. The predicted molar refractivity (Wildman–Crippen MR) is 88.6 cm³/mol. The molecule has 2 aromatic rings. The zero-order valence-electron chi connectivity index (χ0n) is 13.3. The van der Waals surface area contributed by atoms with Crippen molar-refractivity contribution in [3.8, 4) is 6.07 Å². The maximum absolute atomic E-state index is 12.1. The van der Waals surface area contributed by atoms with Crippen molar-refractivity contribution in [2.24, 2.45) is 0 Å². The van der Waals surface area contributed by atoms with E-state index in [2.05, 4.69) is 10.4 Å². The van der Waals surface area contributed by atoms with Crippen LogP contribution in [0, 0.1) is 11.3 Å². The Balaban J connectivity index is 1.63. The molecule has 1 aromatic carbocycles. The number of amides is 1. The summed E-state index contributed by atoms with van der Waals surface area (Å²) in [6, 6.07) is 10.2. The third-order valence-electron chi connectivity index (χ3n) is 4.14. The number of carbonyl (C=O) groups is 1. The Hall–Kier alpha value is -2.94. The van der Waals surface area contributed by atoms with E-state index in [1.807, 2.05) is 6.07 Å². The van der Waals surface area contributed by atoms with Crippen LogP contribution in [0.15, 0.2) is 35.1 Å². The lowest BCUT2D eigenvalue weighted by atomic mass is 9.97. The molecule has 6 nitrogen and oxygen atoms in total. The van der Waals surface area contributed by atoms with Gasteiger partial charge in [0, 0.05) is 18.2 Å². The number of rotatable bonds is 4. The summed E-state index contributed by atoms with van der Waals surface area (Å²) in [5.74, 6) is -0.266. The van der Waals surface area contributed by atoms with Gasteiger partial charge in [-0.15, -0.1) is 0 Å². The Bertz CT molecular complexity index is 864. The summed E-state index contributed by atoms with van der Waals surface area (Å²) in [6.07, 6.45) is 4.04. The molecule has 0 bridgehead atoms. The van der Waals surface area contributed by atoms with E-state index >= 15 is 0 Å². The highest BCUT2D eigenvalue weighted by Crippen LogP contribution is 2.16. The van der Waals surface area contributed by atoms with E-state index in [4.69, 9.17) is 5.26 Å². The predicted octanol–water partition coefficient (Wildman–Crippen LogP) is 1.42. The summed E-state index contributed by atoms with van der Waals surface area (Å²) in [7, 11) is 0. The van der Waals surface area contributed by atoms with Gasteiger partial charge in [-0.25, -0.2) is 4.68 Å². The third kappa shape index (κ3) is 3.51. The van der Waals surface area contributed by atoms with Crippen LogP contribution >= 0.6 is 0 Å². The topological polar surface area (TPSA) is 87.8 Å². The minimum Gasteiger partial charge on any atom is -0.350 e. The number of aryl methyl sites for hydroxylation is 2. The Morgan fingerprint density at radius 1 is 1.29 bits per heavy atom. The molecule has 1 aliphatic rings. The van der Waals surface area contributed by atoms with Gasteiger partial charge in [0.25, 0.3) is 11.5 Å². The second-order valence-corrected chi connectivity index (χ2v) is 5.83. The summed E-state index contributed by atoms with van der Waals surface area (Å²) in [6.45, 7) is 0.636. The summed E-state index contributed by atoms with van der Waals surface area (Å²) < 4.78 is 1.41. The van der Waals surface area contributed by atoms with Crippen molar-refractivity contribution in [1.82, 2.24) is 15.1 Å². The van der Waals surface area contributed by atoms with E-state index in [1.165, 1.54) is 4.68 Å². The van der Waals surface area contributed by atoms with Gasteiger partial charge in [-0.1, -0.05) is 6.07 Å². The summed E-state index contributed by atoms with van der Waals surface area (Å²) in [5, 5.41) is 16.0. The molecule has 0 fully saturated rings. The van der Waals surface area contributed by atoms with E-state index in [1.54, 1.807) is 30.3 Å². The van der Waals surface area contributed by atoms with Crippen LogP contribution in [0.25, 0.3) is 0 Å². The van der Waals surface area contributed by atoms with Crippen molar-refractivity contribution >= 4 is 5.91 Å². The normalized spacial score (nSPS) is 13.0. The van der Waals surface area contributed by atoms with Crippen LogP contribution in [0.4, 0.5) is 0 Å². The standard InChI is InChI=1S/C18H18N4O2/c19-12-13-4-3-6-15(10-13)18(24)20-8-9-22-17(23)11-14-5-1-2-7-16(14)21-22/h3-4,6,10-11H,1-2,5,7-9H2,(H,20,24). The molecule has 1 N–H and O–H groups in total. The zero-order chi connectivity index (χ0) is 16.9. The monoisotopic (exact) mass is 322 g/mol. The van der Waals surface area contributed by atoms with E-state index < -0.39 is 0 Å². The fourth-order valence-electron chi connectivity index (χ4n) is 2.87. The highest BCUT2D eigenvalue weighted by molar-refractivity contribution is 5.94. The molecule has 1 heterocycles. The number of nitriles is 1. The first kappa shape index (κ1) is 15.9. The van der Waals surface area contributed by atoms with Gasteiger partial charge in [-0.05, 0) is 49.4 Å². The highest BCUT2D eigenvalue weighted by Gasteiger charge is 2.13. The van der Waals surface area contributed by atoms with Gasteiger partial charge >= 0.3 is 0 Å². The molecule has 0 spiro atoms. The fraction of sp³-hybridized carbons (Fsp3) is 0.333. The smallest absolute Gasteiger partial charge is 0.267 e. The molecule has 24 heavy (non-hydrogen) atoms. The largest absolute Gasteiger partial charge is 0.350 e. The first-order valence-electron chi connectivity index (χ1n) is 8.05. The van der Waals surface area contributed by atoms with Gasteiger partial charge < -0.3 is 5.32 Å². The number of aromatic nitrogens is 2. The Morgan fingerprint density at radius 3 is 2.96 bits per heavy atom. The van der Waals surface area contributed by atoms with Crippen LogP contribution in [0.2, 0.25) is 0 Å². The van der Waals surface area contributed by atoms with Crippen molar-refractivity contribution < 1.29 is 4.79 Å².